The standard InChI is InChI=1S/2C5H12N.2C4H9O.C2H3.Ti/c2*1-4-5(2,3)6;2*1-4(2,3)5;1-2;/h2*6H,4H2,1-3H3;2*1-3H3;1H,2H2;/q4*-1;;+4. The van der Waals surface area contributed by atoms with Gasteiger partial charge in [0.05, 0.1) is 0 Å². The third-order valence-electron chi connectivity index (χ3n) is 4.31. The van der Waals surface area contributed by atoms with Gasteiger partial charge in [0.25, 0.3) is 0 Å². The van der Waals surface area contributed by atoms with E-state index in [1.165, 1.54) is 0 Å². The summed E-state index contributed by atoms with van der Waals surface area (Å²) in [5, 5.41) is 0. The van der Waals surface area contributed by atoms with Gasteiger partial charge in [-0.25, -0.2) is 0 Å². The Kier molecular flexibility index (Phi) is 7.82. The second-order valence-electron chi connectivity index (χ2n) is 10.5. The van der Waals surface area contributed by atoms with Crippen LogP contribution in [0.25, 0.3) is 0 Å². The molecule has 0 unspecified atom stereocenters. The molecule has 2 N–H and O–H groups in total. The number of hydrogen-bond acceptors (Lipinski definition) is 4. The van der Waals surface area contributed by atoms with Gasteiger partial charge in [-0.1, -0.05) is 0 Å². The Morgan fingerprint density at radius 3 is 1.16 bits per heavy atom. The van der Waals surface area contributed by atoms with Crippen molar-refractivity contribution >= 4 is 0 Å². The number of hydrogen-bond donors (Lipinski definition) is 2. The zero-order chi connectivity index (χ0) is 20.4. The van der Waals surface area contributed by atoms with E-state index in [2.05, 4.69) is 97.3 Å². The van der Waals surface area contributed by atoms with Crippen molar-refractivity contribution in [1.29, 1.82) is 0 Å². The molecule has 151 valence electrons. The van der Waals surface area contributed by atoms with Crippen molar-refractivity contribution in [2.75, 3.05) is 0 Å². The predicted octanol–water partition coefficient (Wildman–Crippen LogP) is 5.67. The van der Waals surface area contributed by atoms with E-state index in [4.69, 9.17) is 6.64 Å². The molecule has 0 radical (unpaired) electrons. The fourth-order valence-corrected chi connectivity index (χ4v) is 12.4. The summed E-state index contributed by atoms with van der Waals surface area (Å²) < 4.78 is 23.3. The van der Waals surface area contributed by atoms with E-state index in [1.807, 2.05) is 4.38 Å². The third-order valence-corrected chi connectivity index (χ3v) is 12.2. The molecule has 0 heterocycles. The Morgan fingerprint density at radius 2 is 1.00 bits per heavy atom. The second-order valence-corrected chi connectivity index (χ2v) is 16.1. The molecule has 0 aliphatic heterocycles. The minimum absolute atomic E-state index is 0.154. The van der Waals surface area contributed by atoms with Gasteiger partial charge in [-0.15, -0.1) is 0 Å². The molecule has 0 bridgehead atoms. The molecule has 5 heteroatoms. The Labute approximate surface area is 160 Å². The van der Waals surface area contributed by atoms with Gasteiger partial charge in [0.2, 0.25) is 0 Å². The quantitative estimate of drug-likeness (QED) is 0.496. The van der Waals surface area contributed by atoms with Crippen molar-refractivity contribution in [3.05, 3.63) is 11.0 Å². The Morgan fingerprint density at radius 1 is 0.720 bits per heavy atom. The molecule has 0 aliphatic rings. The fraction of sp³-hybridized carbons (Fsp3) is 0.900. The molecule has 0 fully saturated rings. The molecule has 0 saturated heterocycles. The van der Waals surface area contributed by atoms with Gasteiger partial charge in [-0.2, -0.15) is 0 Å². The molecule has 4 nitrogen and oxygen atoms in total. The predicted molar refractivity (Wildman–Crippen MR) is 107 cm³/mol. The SMILES string of the molecule is C=[CH][Ti]([NH]C(C)(C)CC)([NH]C(C)(C)CC)([O]C(C)(C)C)[O]C(C)(C)C. The van der Waals surface area contributed by atoms with Crippen LogP contribution in [0.4, 0.5) is 0 Å². The topological polar surface area (TPSA) is 42.5 Å². The molecule has 0 aliphatic carbocycles. The Hall–Kier alpha value is 0.294. The van der Waals surface area contributed by atoms with E-state index in [-0.39, 0.29) is 22.3 Å². The maximum atomic E-state index is 6.84. The van der Waals surface area contributed by atoms with E-state index in [0.29, 0.717) is 0 Å². The van der Waals surface area contributed by atoms with E-state index in [0.717, 1.165) is 12.8 Å². The Bertz CT molecular complexity index is 421. The first-order valence-electron chi connectivity index (χ1n) is 9.63. The molecule has 0 aromatic heterocycles. The van der Waals surface area contributed by atoms with Crippen LogP contribution >= 0.6 is 0 Å². The van der Waals surface area contributed by atoms with Crippen LogP contribution in [-0.2, 0) is 23.2 Å². The van der Waals surface area contributed by atoms with Crippen LogP contribution < -0.4 is 7.60 Å². The summed E-state index contributed by atoms with van der Waals surface area (Å²) in [5.74, 6) is 0. The summed E-state index contributed by atoms with van der Waals surface area (Å²) in [6.45, 7) is 29.8. The average molecular weight is 393 g/mol. The molecular formula is C20H45N2O2Ti. The average Bonchev–Trinajstić information content (AvgIpc) is 2.33. The zero-order valence-electron chi connectivity index (χ0n) is 19.0. The summed E-state index contributed by atoms with van der Waals surface area (Å²) in [5.41, 5.74) is -1.08. The van der Waals surface area contributed by atoms with Crippen LogP contribution in [0.5, 0.6) is 0 Å². The number of nitrogens with one attached hydrogen (secondary N) is 2. The van der Waals surface area contributed by atoms with Crippen molar-refractivity contribution in [2.24, 2.45) is 0 Å². The summed E-state index contributed by atoms with van der Waals surface area (Å²) >= 11 is -4.53. The normalized spacial score (nSPS) is 16.4. The first-order valence-corrected chi connectivity index (χ1v) is 13.4. The van der Waals surface area contributed by atoms with E-state index in [1.54, 1.807) is 0 Å². The van der Waals surface area contributed by atoms with Crippen LogP contribution in [0.3, 0.4) is 0 Å². The van der Waals surface area contributed by atoms with Crippen molar-refractivity contribution in [3.63, 3.8) is 0 Å². The van der Waals surface area contributed by atoms with Crippen molar-refractivity contribution in [3.8, 4) is 0 Å². The molecule has 0 atom stereocenters. The van der Waals surface area contributed by atoms with E-state index < -0.39 is 16.6 Å². The van der Waals surface area contributed by atoms with Gasteiger partial charge in [0.1, 0.15) is 0 Å². The molecular weight excluding hydrogens is 348 g/mol. The van der Waals surface area contributed by atoms with Crippen molar-refractivity contribution < 1.29 is 23.2 Å². The van der Waals surface area contributed by atoms with Gasteiger partial charge < -0.3 is 0 Å². The van der Waals surface area contributed by atoms with Gasteiger partial charge in [0, 0.05) is 0 Å². The van der Waals surface area contributed by atoms with E-state index in [9.17, 15) is 0 Å². The van der Waals surface area contributed by atoms with E-state index >= 15 is 0 Å². The summed E-state index contributed by atoms with van der Waals surface area (Å²) in [7, 11) is 0. The minimum atomic E-state index is -4.53. The summed E-state index contributed by atoms with van der Waals surface area (Å²) in [6.07, 6.45) is 1.91. The maximum absolute atomic E-state index is 6.84. The number of rotatable bonds is 9. The van der Waals surface area contributed by atoms with Crippen LogP contribution in [0.2, 0.25) is 0 Å². The summed E-state index contributed by atoms with van der Waals surface area (Å²) in [4.78, 5) is 0. The first-order chi connectivity index (χ1) is 10.8. The van der Waals surface area contributed by atoms with Crippen LogP contribution in [-0.4, -0.2) is 22.3 Å². The van der Waals surface area contributed by atoms with Crippen LogP contribution in [0, 0.1) is 0 Å². The van der Waals surface area contributed by atoms with Crippen molar-refractivity contribution in [1.82, 2.24) is 7.60 Å². The van der Waals surface area contributed by atoms with Gasteiger partial charge in [0.15, 0.2) is 0 Å². The molecule has 0 aromatic carbocycles. The van der Waals surface area contributed by atoms with Gasteiger partial charge in [-0.3, -0.25) is 0 Å². The van der Waals surface area contributed by atoms with Gasteiger partial charge in [-0.05, 0) is 0 Å². The molecule has 0 spiro atoms. The molecule has 25 heavy (non-hydrogen) atoms. The van der Waals surface area contributed by atoms with Crippen molar-refractivity contribution in [2.45, 2.75) is 118 Å². The third kappa shape index (κ3) is 8.23. The van der Waals surface area contributed by atoms with Crippen LogP contribution in [0.15, 0.2) is 11.0 Å². The van der Waals surface area contributed by atoms with Gasteiger partial charge >= 0.3 is 160 Å². The first kappa shape index (κ1) is 25.3. The Balaban J connectivity index is 6.62. The van der Waals surface area contributed by atoms with Crippen LogP contribution in [0.1, 0.15) is 95.9 Å². The molecule has 0 amide bonds. The summed E-state index contributed by atoms with van der Waals surface area (Å²) in [6, 6.07) is 0. The molecule has 0 rings (SSSR count). The monoisotopic (exact) mass is 393 g/mol. The fourth-order valence-electron chi connectivity index (χ4n) is 3.01. The molecule has 0 saturated carbocycles. The zero-order valence-corrected chi connectivity index (χ0v) is 20.6. The second kappa shape index (κ2) is 7.73. The molecule has 0 aromatic rings.